The molecule has 0 radical (unpaired) electrons. The van der Waals surface area contributed by atoms with Gasteiger partial charge in [-0.1, -0.05) is 49.4 Å². The first-order valence-corrected chi connectivity index (χ1v) is 12.9. The maximum absolute atomic E-state index is 14.6. The van der Waals surface area contributed by atoms with Gasteiger partial charge in [-0.2, -0.15) is 0 Å². The quantitative estimate of drug-likeness (QED) is 0.323. The van der Waals surface area contributed by atoms with Gasteiger partial charge in [-0.05, 0) is 60.6 Å². The maximum Gasteiger partial charge on any atom is 0.267 e. The van der Waals surface area contributed by atoms with Crippen molar-refractivity contribution >= 4 is 21.7 Å². The van der Waals surface area contributed by atoms with Gasteiger partial charge in [-0.25, -0.2) is 13.2 Å². The van der Waals surface area contributed by atoms with Crippen molar-refractivity contribution < 1.29 is 22.6 Å². The van der Waals surface area contributed by atoms with Crippen molar-refractivity contribution in [2.24, 2.45) is 0 Å². The molecule has 0 saturated carbocycles. The minimum absolute atomic E-state index is 0.00918. The second-order valence-corrected chi connectivity index (χ2v) is 10.9. The molecule has 3 rings (SSSR count). The van der Waals surface area contributed by atoms with Crippen LogP contribution in [0.2, 0.25) is 11.6 Å². The standard InChI is InChI=1S/C25H31F3O2Si/c1-4-29-22-14-16(3)20(23(24(22)26)25(27)28)12-8-17-6-9-18(10-7-17)21-13-11-19(15-30-21)31-5-2/h6-10,12,14,19,21,25H,4-5,11,13,15,31H2,1-3H3/b12-8+. The van der Waals surface area contributed by atoms with Gasteiger partial charge < -0.3 is 9.47 Å². The highest BCUT2D eigenvalue weighted by Gasteiger charge is 2.24. The summed E-state index contributed by atoms with van der Waals surface area (Å²) in [6.07, 6.45) is 2.79. The third-order valence-electron chi connectivity index (χ3n) is 5.85. The van der Waals surface area contributed by atoms with Crippen molar-refractivity contribution in [1.82, 2.24) is 0 Å². The van der Waals surface area contributed by atoms with Gasteiger partial charge in [0, 0.05) is 16.1 Å². The number of ether oxygens (including phenoxy) is 2. The van der Waals surface area contributed by atoms with Gasteiger partial charge in [-0.3, -0.25) is 0 Å². The molecular formula is C25H31F3O2Si. The van der Waals surface area contributed by atoms with Crippen LogP contribution in [-0.4, -0.2) is 22.7 Å². The number of hydrogen-bond acceptors (Lipinski definition) is 2. The van der Waals surface area contributed by atoms with Gasteiger partial charge in [0.05, 0.1) is 18.3 Å². The molecule has 2 aromatic rings. The second-order valence-electron chi connectivity index (χ2n) is 8.12. The lowest BCUT2D eigenvalue weighted by atomic mass is 9.98. The molecule has 2 nitrogen and oxygen atoms in total. The molecular weight excluding hydrogens is 417 g/mol. The molecule has 2 aromatic carbocycles. The topological polar surface area (TPSA) is 18.5 Å². The molecule has 1 heterocycles. The fraction of sp³-hybridized carbons (Fsp3) is 0.440. The zero-order chi connectivity index (χ0) is 22.4. The Balaban J connectivity index is 1.76. The Bertz CT molecular complexity index is 889. The number of halogens is 3. The minimum Gasteiger partial charge on any atom is -0.491 e. The Morgan fingerprint density at radius 3 is 2.48 bits per heavy atom. The summed E-state index contributed by atoms with van der Waals surface area (Å²) in [5.74, 6) is -1.12. The van der Waals surface area contributed by atoms with Crippen LogP contribution in [0.1, 0.15) is 67.0 Å². The van der Waals surface area contributed by atoms with E-state index in [0.717, 1.165) is 29.7 Å². The van der Waals surface area contributed by atoms with Crippen molar-refractivity contribution in [2.75, 3.05) is 13.2 Å². The molecule has 2 atom stereocenters. The highest BCUT2D eigenvalue weighted by molar-refractivity contribution is 6.37. The summed E-state index contributed by atoms with van der Waals surface area (Å²) < 4.78 is 53.0. The molecule has 1 aliphatic rings. The fourth-order valence-electron chi connectivity index (χ4n) is 4.20. The van der Waals surface area contributed by atoms with E-state index in [0.29, 0.717) is 5.56 Å². The first-order chi connectivity index (χ1) is 14.9. The Kier molecular flexibility index (Phi) is 8.38. The molecule has 31 heavy (non-hydrogen) atoms. The van der Waals surface area contributed by atoms with Crippen LogP contribution < -0.4 is 4.74 Å². The third kappa shape index (κ3) is 5.80. The van der Waals surface area contributed by atoms with Crippen LogP contribution in [0.4, 0.5) is 13.2 Å². The first kappa shape index (κ1) is 23.6. The van der Waals surface area contributed by atoms with Crippen LogP contribution >= 0.6 is 0 Å². The Hall–Kier alpha value is -2.05. The smallest absolute Gasteiger partial charge is 0.267 e. The van der Waals surface area contributed by atoms with Crippen LogP contribution in [0.3, 0.4) is 0 Å². The van der Waals surface area contributed by atoms with Crippen LogP contribution in [0.25, 0.3) is 12.2 Å². The Labute approximate surface area is 185 Å². The van der Waals surface area contributed by atoms with Crippen molar-refractivity contribution in [3.8, 4) is 5.75 Å². The van der Waals surface area contributed by atoms with E-state index in [1.165, 1.54) is 18.5 Å². The zero-order valence-electron chi connectivity index (χ0n) is 18.5. The lowest BCUT2D eigenvalue weighted by molar-refractivity contribution is 0.0150. The molecule has 6 heteroatoms. The SMILES string of the molecule is CCOc1cc(C)c(/C=C/c2ccc(C3CCC([SiH2]CC)CO3)cc2)c(C(F)F)c1F. The summed E-state index contributed by atoms with van der Waals surface area (Å²) in [6.45, 7) is 6.72. The van der Waals surface area contributed by atoms with Crippen molar-refractivity contribution in [3.63, 3.8) is 0 Å². The summed E-state index contributed by atoms with van der Waals surface area (Å²) in [4.78, 5) is 0. The number of alkyl halides is 2. The highest BCUT2D eigenvalue weighted by Crippen LogP contribution is 2.36. The van der Waals surface area contributed by atoms with Gasteiger partial charge in [0.2, 0.25) is 0 Å². The summed E-state index contributed by atoms with van der Waals surface area (Å²) in [6, 6.07) is 10.8. The van der Waals surface area contributed by atoms with Gasteiger partial charge >= 0.3 is 0 Å². The monoisotopic (exact) mass is 448 g/mol. The van der Waals surface area contributed by atoms with E-state index in [1.54, 1.807) is 26.0 Å². The molecule has 0 aromatic heterocycles. The third-order valence-corrected chi connectivity index (χ3v) is 7.89. The summed E-state index contributed by atoms with van der Waals surface area (Å²) in [5, 5.41) is 0. The number of rotatable bonds is 8. The normalized spacial score (nSPS) is 19.7. The van der Waals surface area contributed by atoms with Gasteiger partial charge in [-0.15, -0.1) is 0 Å². The van der Waals surface area contributed by atoms with E-state index in [4.69, 9.17) is 9.47 Å². The number of aryl methyl sites for hydroxylation is 1. The molecule has 168 valence electrons. The molecule has 2 unspecified atom stereocenters. The van der Waals surface area contributed by atoms with Crippen molar-refractivity contribution in [3.05, 3.63) is 64.0 Å². The largest absolute Gasteiger partial charge is 0.491 e. The van der Waals surface area contributed by atoms with Crippen LogP contribution in [0.5, 0.6) is 5.75 Å². The molecule has 0 aliphatic carbocycles. The van der Waals surface area contributed by atoms with E-state index in [-0.39, 0.29) is 33.5 Å². The summed E-state index contributed by atoms with van der Waals surface area (Å²) in [5.41, 5.74) is 2.94. The predicted octanol–water partition coefficient (Wildman–Crippen LogP) is 6.89. The molecule has 1 saturated heterocycles. The lowest BCUT2D eigenvalue weighted by Gasteiger charge is -2.29. The van der Waals surface area contributed by atoms with E-state index >= 15 is 0 Å². The minimum atomic E-state index is -2.93. The average molecular weight is 449 g/mol. The highest BCUT2D eigenvalue weighted by atomic mass is 28.2. The van der Waals surface area contributed by atoms with E-state index in [1.807, 2.05) is 24.3 Å². The molecule has 1 aliphatic heterocycles. The average Bonchev–Trinajstić information content (AvgIpc) is 2.76. The number of hydrogen-bond donors (Lipinski definition) is 0. The molecule has 0 N–H and O–H groups in total. The summed E-state index contributed by atoms with van der Waals surface area (Å²) in [7, 11) is -0.00918. The van der Waals surface area contributed by atoms with Gasteiger partial charge in [0.15, 0.2) is 11.6 Å². The predicted molar refractivity (Wildman–Crippen MR) is 123 cm³/mol. The van der Waals surface area contributed by atoms with Crippen molar-refractivity contribution in [2.45, 2.75) is 57.7 Å². The van der Waals surface area contributed by atoms with E-state index in [9.17, 15) is 13.2 Å². The molecule has 0 spiro atoms. The van der Waals surface area contributed by atoms with Gasteiger partial charge in [0.25, 0.3) is 6.43 Å². The maximum atomic E-state index is 14.6. The number of benzene rings is 2. The van der Waals surface area contributed by atoms with Crippen LogP contribution in [-0.2, 0) is 4.74 Å². The summed E-state index contributed by atoms with van der Waals surface area (Å²) >= 11 is 0. The lowest BCUT2D eigenvalue weighted by Crippen LogP contribution is -2.20. The van der Waals surface area contributed by atoms with E-state index in [2.05, 4.69) is 6.92 Å². The first-order valence-electron chi connectivity index (χ1n) is 11.1. The van der Waals surface area contributed by atoms with Crippen molar-refractivity contribution in [1.29, 1.82) is 0 Å². The zero-order valence-corrected chi connectivity index (χ0v) is 19.9. The van der Waals surface area contributed by atoms with E-state index < -0.39 is 17.8 Å². The molecule has 0 bridgehead atoms. The van der Waals surface area contributed by atoms with Crippen LogP contribution in [0.15, 0.2) is 30.3 Å². The molecule has 1 fully saturated rings. The fourth-order valence-corrected chi connectivity index (χ4v) is 5.85. The second kappa shape index (κ2) is 11.0. The Morgan fingerprint density at radius 2 is 1.90 bits per heavy atom. The van der Waals surface area contributed by atoms with Crippen LogP contribution in [0, 0.1) is 12.7 Å². The Morgan fingerprint density at radius 1 is 1.16 bits per heavy atom. The van der Waals surface area contributed by atoms with Gasteiger partial charge in [0.1, 0.15) is 0 Å². The molecule has 0 amide bonds.